The van der Waals surface area contributed by atoms with Crippen LogP contribution in [0.1, 0.15) is 52.5 Å². The third kappa shape index (κ3) is 3.01. The van der Waals surface area contributed by atoms with E-state index in [4.69, 9.17) is 4.74 Å². The molecule has 0 bridgehead atoms. The molecule has 7 heteroatoms. The van der Waals surface area contributed by atoms with Gasteiger partial charge in [-0.25, -0.2) is 0 Å². The molecule has 2 aromatic rings. The number of carbonyl (C=O) groups excluding carboxylic acids is 1. The highest BCUT2D eigenvalue weighted by Gasteiger charge is 2.33. The van der Waals surface area contributed by atoms with E-state index in [1.54, 1.807) is 0 Å². The van der Waals surface area contributed by atoms with Gasteiger partial charge in [-0.3, -0.25) is 15.0 Å². The molecule has 0 aliphatic carbocycles. The Kier molecular flexibility index (Phi) is 4.47. The summed E-state index contributed by atoms with van der Waals surface area (Å²) in [6.45, 7) is 7.61. The number of rotatable bonds is 4. The molecule has 0 saturated carbocycles. The van der Waals surface area contributed by atoms with E-state index in [0.29, 0.717) is 25.5 Å². The summed E-state index contributed by atoms with van der Waals surface area (Å²) in [4.78, 5) is 14.8. The molecule has 0 spiro atoms. The Morgan fingerprint density at radius 3 is 2.91 bits per heavy atom. The lowest BCUT2D eigenvalue weighted by molar-refractivity contribution is -0.00332. The molecular weight excluding hydrogens is 294 g/mol. The topological polar surface area (TPSA) is 86.9 Å². The van der Waals surface area contributed by atoms with E-state index < -0.39 is 0 Å². The van der Waals surface area contributed by atoms with Gasteiger partial charge in [-0.1, -0.05) is 13.3 Å². The first kappa shape index (κ1) is 15.7. The van der Waals surface area contributed by atoms with Crippen LogP contribution in [-0.4, -0.2) is 51.0 Å². The highest BCUT2D eigenvalue weighted by Crippen LogP contribution is 2.29. The lowest BCUT2D eigenvalue weighted by atomic mass is 10.0. The molecular formula is C16H23N5O2. The number of aryl methyl sites for hydroxylation is 3. The van der Waals surface area contributed by atoms with Gasteiger partial charge in [0.15, 0.2) is 0 Å². The van der Waals surface area contributed by atoms with Gasteiger partial charge in [0, 0.05) is 23.5 Å². The van der Waals surface area contributed by atoms with Crippen molar-refractivity contribution in [3.8, 4) is 0 Å². The number of nitrogens with zero attached hydrogens (tertiary/aromatic N) is 3. The van der Waals surface area contributed by atoms with Crippen molar-refractivity contribution < 1.29 is 9.53 Å². The Labute approximate surface area is 135 Å². The third-order valence-electron chi connectivity index (χ3n) is 4.28. The molecule has 3 rings (SSSR count). The molecule has 1 fully saturated rings. The second-order valence-corrected chi connectivity index (χ2v) is 5.97. The van der Waals surface area contributed by atoms with Crippen molar-refractivity contribution in [1.82, 2.24) is 25.3 Å². The minimum Gasteiger partial charge on any atom is -0.377 e. The third-order valence-corrected chi connectivity index (χ3v) is 4.28. The number of aromatic nitrogens is 4. The van der Waals surface area contributed by atoms with Crippen LogP contribution in [0.3, 0.4) is 0 Å². The normalized spacial score (nSPS) is 18.4. The van der Waals surface area contributed by atoms with Gasteiger partial charge in [0.25, 0.3) is 5.91 Å². The van der Waals surface area contributed by atoms with E-state index in [9.17, 15) is 4.79 Å². The van der Waals surface area contributed by atoms with E-state index in [-0.39, 0.29) is 11.9 Å². The lowest BCUT2D eigenvalue weighted by Crippen LogP contribution is -2.44. The summed E-state index contributed by atoms with van der Waals surface area (Å²) < 4.78 is 5.61. The number of amides is 1. The van der Waals surface area contributed by atoms with Crippen LogP contribution in [0.4, 0.5) is 0 Å². The molecule has 2 N–H and O–H groups in total. The zero-order valence-electron chi connectivity index (χ0n) is 13.8. The molecule has 23 heavy (non-hydrogen) atoms. The SMILES string of the molecule is CCCc1cc(C(=O)N2CCOCC2c2c(C)n[nH]c2C)n[nH]1. The van der Waals surface area contributed by atoms with Crippen LogP contribution in [0.5, 0.6) is 0 Å². The monoisotopic (exact) mass is 317 g/mol. The maximum Gasteiger partial charge on any atom is 0.275 e. The number of H-pyrrole nitrogens is 2. The number of aromatic amines is 2. The highest BCUT2D eigenvalue weighted by molar-refractivity contribution is 5.92. The molecule has 2 aromatic heterocycles. The first-order valence-electron chi connectivity index (χ1n) is 8.06. The first-order valence-corrected chi connectivity index (χ1v) is 8.06. The summed E-state index contributed by atoms with van der Waals surface area (Å²) in [6.07, 6.45) is 1.91. The maximum atomic E-state index is 12.9. The van der Waals surface area contributed by atoms with Gasteiger partial charge in [0.05, 0.1) is 24.9 Å². The fraction of sp³-hybridized carbons (Fsp3) is 0.562. The molecule has 1 unspecified atom stereocenters. The van der Waals surface area contributed by atoms with Gasteiger partial charge < -0.3 is 9.64 Å². The van der Waals surface area contributed by atoms with Crippen molar-refractivity contribution in [2.75, 3.05) is 19.8 Å². The van der Waals surface area contributed by atoms with E-state index in [2.05, 4.69) is 27.3 Å². The van der Waals surface area contributed by atoms with Gasteiger partial charge >= 0.3 is 0 Å². The molecule has 1 aliphatic heterocycles. The number of carbonyl (C=O) groups is 1. The average Bonchev–Trinajstić information content (AvgIpc) is 3.14. The molecule has 1 aliphatic rings. The second-order valence-electron chi connectivity index (χ2n) is 5.97. The van der Waals surface area contributed by atoms with Gasteiger partial charge in [0.1, 0.15) is 5.69 Å². The van der Waals surface area contributed by atoms with Crippen molar-refractivity contribution in [3.05, 3.63) is 34.4 Å². The Morgan fingerprint density at radius 1 is 1.39 bits per heavy atom. The van der Waals surface area contributed by atoms with Crippen LogP contribution in [0, 0.1) is 13.8 Å². The second kappa shape index (κ2) is 6.54. The molecule has 124 valence electrons. The molecule has 1 atom stereocenters. The van der Waals surface area contributed by atoms with Crippen LogP contribution in [0.15, 0.2) is 6.07 Å². The number of morpholine rings is 1. The number of hydrogen-bond donors (Lipinski definition) is 2. The molecule has 1 amide bonds. The molecule has 0 radical (unpaired) electrons. The van der Waals surface area contributed by atoms with Crippen LogP contribution in [0.25, 0.3) is 0 Å². The maximum absolute atomic E-state index is 12.9. The van der Waals surface area contributed by atoms with Gasteiger partial charge in [-0.15, -0.1) is 0 Å². The van der Waals surface area contributed by atoms with Crippen molar-refractivity contribution in [2.45, 2.75) is 39.7 Å². The summed E-state index contributed by atoms with van der Waals surface area (Å²) in [6, 6.07) is 1.73. The predicted molar refractivity (Wildman–Crippen MR) is 85.2 cm³/mol. The molecule has 1 saturated heterocycles. The summed E-state index contributed by atoms with van der Waals surface area (Å²) >= 11 is 0. The van der Waals surface area contributed by atoms with Gasteiger partial charge in [-0.2, -0.15) is 10.2 Å². The van der Waals surface area contributed by atoms with E-state index in [1.165, 1.54) is 0 Å². The summed E-state index contributed by atoms with van der Waals surface area (Å²) in [5, 5.41) is 14.4. The zero-order chi connectivity index (χ0) is 16.4. The van der Waals surface area contributed by atoms with Crippen molar-refractivity contribution in [2.24, 2.45) is 0 Å². The standard InChI is InChI=1S/C16H23N5O2/c1-4-5-12-8-13(20-19-12)16(22)21-6-7-23-9-14(21)15-10(2)17-18-11(15)3/h8,14H,4-7,9H2,1-3H3,(H,17,18)(H,19,20). The van der Waals surface area contributed by atoms with Crippen molar-refractivity contribution >= 4 is 5.91 Å². The van der Waals surface area contributed by atoms with Crippen molar-refractivity contribution in [3.63, 3.8) is 0 Å². The van der Waals surface area contributed by atoms with E-state index in [1.807, 2.05) is 24.8 Å². The minimum absolute atomic E-state index is 0.0584. The Bertz CT molecular complexity index is 671. The predicted octanol–water partition coefficient (Wildman–Crippen LogP) is 1.92. The number of ether oxygens (including phenoxy) is 1. The number of hydrogen-bond acceptors (Lipinski definition) is 4. The fourth-order valence-corrected chi connectivity index (χ4v) is 3.15. The van der Waals surface area contributed by atoms with Gasteiger partial charge in [0.2, 0.25) is 0 Å². The summed E-state index contributed by atoms with van der Waals surface area (Å²) in [5.41, 5.74) is 4.40. The van der Waals surface area contributed by atoms with Crippen LogP contribution < -0.4 is 0 Å². The first-order chi connectivity index (χ1) is 11.1. The molecule has 7 nitrogen and oxygen atoms in total. The van der Waals surface area contributed by atoms with E-state index >= 15 is 0 Å². The van der Waals surface area contributed by atoms with Crippen LogP contribution >= 0.6 is 0 Å². The van der Waals surface area contributed by atoms with Gasteiger partial charge in [-0.05, 0) is 26.3 Å². The average molecular weight is 317 g/mol. The molecule has 3 heterocycles. The lowest BCUT2D eigenvalue weighted by Gasteiger charge is -2.35. The molecule has 0 aromatic carbocycles. The highest BCUT2D eigenvalue weighted by atomic mass is 16.5. The number of nitrogens with one attached hydrogen (secondary N) is 2. The van der Waals surface area contributed by atoms with Crippen LogP contribution in [0.2, 0.25) is 0 Å². The fourth-order valence-electron chi connectivity index (χ4n) is 3.15. The van der Waals surface area contributed by atoms with Crippen LogP contribution in [-0.2, 0) is 11.2 Å². The largest absolute Gasteiger partial charge is 0.377 e. The quantitative estimate of drug-likeness (QED) is 0.902. The zero-order valence-corrected chi connectivity index (χ0v) is 13.8. The Morgan fingerprint density at radius 2 is 2.22 bits per heavy atom. The smallest absolute Gasteiger partial charge is 0.275 e. The Balaban J connectivity index is 1.87. The Hall–Kier alpha value is -2.15. The van der Waals surface area contributed by atoms with E-state index in [0.717, 1.165) is 35.5 Å². The minimum atomic E-state index is -0.124. The van der Waals surface area contributed by atoms with Crippen molar-refractivity contribution in [1.29, 1.82) is 0 Å². The summed E-state index contributed by atoms with van der Waals surface area (Å²) in [5.74, 6) is -0.0584. The summed E-state index contributed by atoms with van der Waals surface area (Å²) in [7, 11) is 0.